The Labute approximate surface area is 102 Å². The van der Waals surface area contributed by atoms with E-state index in [0.717, 1.165) is 0 Å². The van der Waals surface area contributed by atoms with E-state index in [-0.39, 0.29) is 12.3 Å². The number of carbonyl (C=O) groups is 2. The zero-order valence-electron chi connectivity index (χ0n) is 10.6. The van der Waals surface area contributed by atoms with Gasteiger partial charge < -0.3 is 10.6 Å². The second-order valence-electron chi connectivity index (χ2n) is 5.66. The molecule has 17 heavy (non-hydrogen) atoms. The number of amides is 2. The second kappa shape index (κ2) is 4.36. The Hall–Kier alpha value is -1.57. The van der Waals surface area contributed by atoms with Crippen molar-refractivity contribution in [2.24, 2.45) is 16.6 Å². The third kappa shape index (κ3) is 2.96. The molecule has 0 aliphatic carbocycles. The zero-order valence-corrected chi connectivity index (χ0v) is 10.6. The molecular weight excluding hydrogens is 218 g/mol. The summed E-state index contributed by atoms with van der Waals surface area (Å²) in [6.07, 6.45) is 0.788. The number of nitriles is 1. The summed E-state index contributed by atoms with van der Waals surface area (Å²) in [7, 11) is 0. The van der Waals surface area contributed by atoms with Gasteiger partial charge in [0.1, 0.15) is 0 Å². The van der Waals surface area contributed by atoms with Crippen LogP contribution in [0, 0.1) is 22.2 Å². The first-order valence-electron chi connectivity index (χ1n) is 5.69. The van der Waals surface area contributed by atoms with E-state index in [4.69, 9.17) is 11.0 Å². The van der Waals surface area contributed by atoms with Crippen LogP contribution in [0.15, 0.2) is 0 Å². The van der Waals surface area contributed by atoms with Crippen molar-refractivity contribution in [3.63, 3.8) is 0 Å². The average molecular weight is 237 g/mol. The molecule has 2 amide bonds. The lowest BCUT2D eigenvalue weighted by Gasteiger charge is -2.24. The lowest BCUT2D eigenvalue weighted by molar-refractivity contribution is -0.137. The summed E-state index contributed by atoms with van der Waals surface area (Å²) in [5, 5.41) is 8.98. The predicted octanol–water partition coefficient (Wildman–Crippen LogP) is 0.650. The van der Waals surface area contributed by atoms with Crippen molar-refractivity contribution in [3.8, 4) is 6.07 Å². The van der Waals surface area contributed by atoms with E-state index in [0.29, 0.717) is 19.5 Å². The molecule has 1 atom stereocenters. The Morgan fingerprint density at radius 3 is 2.53 bits per heavy atom. The first kappa shape index (κ1) is 13.5. The third-order valence-corrected chi connectivity index (χ3v) is 3.36. The first-order valence-corrected chi connectivity index (χ1v) is 5.69. The van der Waals surface area contributed by atoms with Gasteiger partial charge in [-0.15, -0.1) is 0 Å². The summed E-state index contributed by atoms with van der Waals surface area (Å²) >= 11 is 0. The SMILES string of the molecule is CC(C)(CC(=O)N1CC[C@@](C)(C#N)C1)C(N)=O. The molecule has 0 aromatic heterocycles. The maximum absolute atomic E-state index is 12.0. The predicted molar refractivity (Wildman–Crippen MR) is 62.5 cm³/mol. The van der Waals surface area contributed by atoms with Crippen molar-refractivity contribution in [3.05, 3.63) is 0 Å². The molecule has 1 aliphatic rings. The van der Waals surface area contributed by atoms with E-state index in [1.807, 2.05) is 6.92 Å². The molecule has 1 heterocycles. The number of hydrogen-bond acceptors (Lipinski definition) is 3. The summed E-state index contributed by atoms with van der Waals surface area (Å²) in [5.74, 6) is -0.583. The average Bonchev–Trinajstić information content (AvgIpc) is 2.61. The summed E-state index contributed by atoms with van der Waals surface area (Å²) in [4.78, 5) is 24.8. The van der Waals surface area contributed by atoms with Gasteiger partial charge in [0, 0.05) is 19.5 Å². The van der Waals surface area contributed by atoms with E-state index in [9.17, 15) is 9.59 Å². The van der Waals surface area contributed by atoms with Crippen LogP contribution in [-0.4, -0.2) is 29.8 Å². The monoisotopic (exact) mass is 237 g/mol. The van der Waals surface area contributed by atoms with Gasteiger partial charge in [0.2, 0.25) is 11.8 Å². The van der Waals surface area contributed by atoms with Gasteiger partial charge in [-0.05, 0) is 13.3 Å². The fourth-order valence-corrected chi connectivity index (χ4v) is 1.84. The fourth-order valence-electron chi connectivity index (χ4n) is 1.84. The zero-order chi connectivity index (χ0) is 13.3. The highest BCUT2D eigenvalue weighted by Crippen LogP contribution is 2.30. The van der Waals surface area contributed by atoms with Crippen LogP contribution in [0.5, 0.6) is 0 Å². The maximum Gasteiger partial charge on any atom is 0.223 e. The van der Waals surface area contributed by atoms with Crippen molar-refractivity contribution < 1.29 is 9.59 Å². The highest BCUT2D eigenvalue weighted by Gasteiger charge is 2.38. The molecule has 1 saturated heterocycles. The van der Waals surface area contributed by atoms with Gasteiger partial charge >= 0.3 is 0 Å². The van der Waals surface area contributed by atoms with Crippen LogP contribution in [0.2, 0.25) is 0 Å². The Morgan fingerprint density at radius 2 is 2.12 bits per heavy atom. The molecule has 0 unspecified atom stereocenters. The Kier molecular flexibility index (Phi) is 3.46. The van der Waals surface area contributed by atoms with Crippen LogP contribution in [0.4, 0.5) is 0 Å². The number of nitrogens with two attached hydrogens (primary N) is 1. The molecule has 1 fully saturated rings. The molecule has 0 aromatic rings. The van der Waals surface area contributed by atoms with Crippen LogP contribution in [-0.2, 0) is 9.59 Å². The molecule has 5 heteroatoms. The normalized spacial score (nSPS) is 24.5. The van der Waals surface area contributed by atoms with E-state index in [1.54, 1.807) is 18.7 Å². The highest BCUT2D eigenvalue weighted by atomic mass is 16.2. The number of nitrogens with zero attached hydrogens (tertiary/aromatic N) is 2. The minimum atomic E-state index is -0.831. The Balaban J connectivity index is 2.63. The van der Waals surface area contributed by atoms with E-state index < -0.39 is 16.7 Å². The number of hydrogen-bond donors (Lipinski definition) is 1. The number of primary amides is 1. The number of likely N-dealkylation sites (tertiary alicyclic amines) is 1. The molecular formula is C12H19N3O2. The molecule has 0 aromatic carbocycles. The van der Waals surface area contributed by atoms with Crippen molar-refractivity contribution in [2.75, 3.05) is 13.1 Å². The molecule has 2 N–H and O–H groups in total. The van der Waals surface area contributed by atoms with Crippen LogP contribution in [0.25, 0.3) is 0 Å². The molecule has 0 spiro atoms. The van der Waals surface area contributed by atoms with Gasteiger partial charge in [-0.3, -0.25) is 9.59 Å². The maximum atomic E-state index is 12.0. The van der Waals surface area contributed by atoms with Crippen molar-refractivity contribution in [1.29, 1.82) is 5.26 Å². The summed E-state index contributed by atoms with van der Waals surface area (Å²) in [6, 6.07) is 2.23. The highest BCUT2D eigenvalue weighted by molar-refractivity contribution is 5.87. The standard InChI is InChI=1S/C12H19N3O2/c1-11(2,10(14)17)6-9(16)15-5-4-12(3,7-13)8-15/h4-6,8H2,1-3H3,(H2,14,17)/t12-/m0/s1. The molecule has 0 saturated carbocycles. The summed E-state index contributed by atoms with van der Waals surface area (Å²) < 4.78 is 0. The van der Waals surface area contributed by atoms with Gasteiger partial charge in [-0.25, -0.2) is 0 Å². The topological polar surface area (TPSA) is 87.2 Å². The van der Waals surface area contributed by atoms with E-state index in [2.05, 4.69) is 6.07 Å². The first-order chi connectivity index (χ1) is 7.70. The molecule has 0 bridgehead atoms. The van der Waals surface area contributed by atoms with E-state index >= 15 is 0 Å². The fraction of sp³-hybridized carbons (Fsp3) is 0.750. The van der Waals surface area contributed by atoms with Crippen LogP contribution < -0.4 is 5.73 Å². The Bertz CT molecular complexity index is 384. The van der Waals surface area contributed by atoms with Gasteiger partial charge in [0.15, 0.2) is 0 Å². The minimum Gasteiger partial charge on any atom is -0.369 e. The van der Waals surface area contributed by atoms with Crippen LogP contribution >= 0.6 is 0 Å². The summed E-state index contributed by atoms with van der Waals surface area (Å²) in [5.41, 5.74) is 3.95. The lowest BCUT2D eigenvalue weighted by atomic mass is 9.88. The smallest absolute Gasteiger partial charge is 0.223 e. The molecule has 1 rings (SSSR count). The van der Waals surface area contributed by atoms with Gasteiger partial charge in [0.05, 0.1) is 16.9 Å². The van der Waals surface area contributed by atoms with Crippen LogP contribution in [0.3, 0.4) is 0 Å². The molecule has 94 valence electrons. The minimum absolute atomic E-state index is 0.101. The molecule has 1 aliphatic heterocycles. The quantitative estimate of drug-likeness (QED) is 0.781. The van der Waals surface area contributed by atoms with E-state index in [1.165, 1.54) is 0 Å². The summed E-state index contributed by atoms with van der Waals surface area (Å²) in [6.45, 7) is 6.19. The van der Waals surface area contributed by atoms with Gasteiger partial charge in [0.25, 0.3) is 0 Å². The lowest BCUT2D eigenvalue weighted by Crippen LogP contribution is -2.39. The number of carbonyl (C=O) groups excluding carboxylic acids is 2. The molecule has 0 radical (unpaired) electrons. The number of rotatable bonds is 3. The second-order valence-corrected chi connectivity index (χ2v) is 5.66. The largest absolute Gasteiger partial charge is 0.369 e. The van der Waals surface area contributed by atoms with Gasteiger partial charge in [-0.2, -0.15) is 5.26 Å². The van der Waals surface area contributed by atoms with Crippen LogP contribution in [0.1, 0.15) is 33.6 Å². The third-order valence-electron chi connectivity index (χ3n) is 3.36. The Morgan fingerprint density at radius 1 is 1.53 bits per heavy atom. The van der Waals surface area contributed by atoms with Crippen molar-refractivity contribution in [1.82, 2.24) is 4.90 Å². The molecule has 5 nitrogen and oxygen atoms in total. The van der Waals surface area contributed by atoms with Gasteiger partial charge in [-0.1, -0.05) is 13.8 Å². The van der Waals surface area contributed by atoms with Crippen molar-refractivity contribution >= 4 is 11.8 Å². The van der Waals surface area contributed by atoms with Crippen molar-refractivity contribution in [2.45, 2.75) is 33.6 Å².